The molecule has 3 nitrogen and oxygen atoms in total. The summed E-state index contributed by atoms with van der Waals surface area (Å²) >= 11 is 12.2. The molecule has 1 aromatic rings. The predicted octanol–water partition coefficient (Wildman–Crippen LogP) is 4.71. The second-order valence-corrected chi connectivity index (χ2v) is 6.10. The van der Waals surface area contributed by atoms with E-state index in [-0.39, 0.29) is 5.91 Å². The van der Waals surface area contributed by atoms with Gasteiger partial charge in [-0.15, -0.1) is 0 Å². The van der Waals surface area contributed by atoms with E-state index < -0.39 is 5.41 Å². The quantitative estimate of drug-likeness (QED) is 0.859. The summed E-state index contributed by atoms with van der Waals surface area (Å²) in [6.07, 6.45) is 4.10. The molecule has 106 valence electrons. The third kappa shape index (κ3) is 2.92. The number of nitrogens with one attached hydrogen (secondary N) is 1. The van der Waals surface area contributed by atoms with Gasteiger partial charge in [0.05, 0.1) is 16.8 Å². The Morgan fingerprint density at radius 3 is 2.50 bits per heavy atom. The molecular weight excluding hydrogens is 295 g/mol. The van der Waals surface area contributed by atoms with Crippen LogP contribution in [0.25, 0.3) is 0 Å². The lowest BCUT2D eigenvalue weighted by molar-refractivity contribution is -0.124. The van der Waals surface area contributed by atoms with Gasteiger partial charge in [-0.25, -0.2) is 0 Å². The van der Waals surface area contributed by atoms with Crippen molar-refractivity contribution in [2.75, 3.05) is 5.32 Å². The summed E-state index contributed by atoms with van der Waals surface area (Å²) in [7, 11) is 0. The number of benzene rings is 1. The standard InChI is InChI=1S/C15H16Cl2N2O/c1-10-7-12(17)13(8-11(10)16)19-14(20)15(9-18)5-3-2-4-6-15/h7-8H,2-6H2,1H3,(H,19,20). The van der Waals surface area contributed by atoms with Gasteiger partial charge >= 0.3 is 0 Å². The molecule has 2 rings (SSSR count). The first kappa shape index (κ1) is 15.2. The number of hydrogen-bond acceptors (Lipinski definition) is 2. The Morgan fingerprint density at radius 1 is 1.25 bits per heavy atom. The van der Waals surface area contributed by atoms with E-state index in [4.69, 9.17) is 23.2 Å². The average Bonchev–Trinajstić information content (AvgIpc) is 2.45. The lowest BCUT2D eigenvalue weighted by Crippen LogP contribution is -2.36. The van der Waals surface area contributed by atoms with Gasteiger partial charge in [0.2, 0.25) is 5.91 Å². The SMILES string of the molecule is Cc1cc(Cl)c(NC(=O)C2(C#N)CCCCC2)cc1Cl. The van der Waals surface area contributed by atoms with Crippen molar-refractivity contribution in [3.8, 4) is 6.07 Å². The smallest absolute Gasteiger partial charge is 0.244 e. The fraction of sp³-hybridized carbons (Fsp3) is 0.467. The molecule has 0 saturated heterocycles. The van der Waals surface area contributed by atoms with E-state index in [0.717, 1.165) is 24.8 Å². The number of anilines is 1. The maximum Gasteiger partial charge on any atom is 0.244 e. The van der Waals surface area contributed by atoms with Crippen LogP contribution in [0.5, 0.6) is 0 Å². The Hall–Kier alpha value is -1.24. The molecule has 0 radical (unpaired) electrons. The second kappa shape index (κ2) is 6.03. The first-order valence-corrected chi connectivity index (χ1v) is 7.42. The average molecular weight is 311 g/mol. The fourth-order valence-electron chi connectivity index (χ4n) is 2.53. The summed E-state index contributed by atoms with van der Waals surface area (Å²) in [5.41, 5.74) is 0.383. The molecule has 0 bridgehead atoms. The van der Waals surface area contributed by atoms with Crippen LogP contribution in [0, 0.1) is 23.7 Å². The zero-order chi connectivity index (χ0) is 14.8. The van der Waals surface area contributed by atoms with E-state index in [1.807, 2.05) is 6.92 Å². The van der Waals surface area contributed by atoms with Crippen LogP contribution in [-0.4, -0.2) is 5.91 Å². The van der Waals surface area contributed by atoms with Crippen molar-refractivity contribution in [3.05, 3.63) is 27.7 Å². The summed E-state index contributed by atoms with van der Waals surface area (Å²) in [4.78, 5) is 12.4. The van der Waals surface area contributed by atoms with Crippen LogP contribution in [-0.2, 0) is 4.79 Å². The van der Waals surface area contributed by atoms with Gasteiger partial charge < -0.3 is 5.32 Å². The van der Waals surface area contributed by atoms with Crippen molar-refractivity contribution in [1.29, 1.82) is 5.26 Å². The minimum Gasteiger partial charge on any atom is -0.323 e. The molecule has 1 saturated carbocycles. The van der Waals surface area contributed by atoms with Gasteiger partial charge in [0.1, 0.15) is 5.41 Å². The largest absolute Gasteiger partial charge is 0.323 e. The molecule has 0 aliphatic heterocycles. The lowest BCUT2D eigenvalue weighted by Gasteiger charge is -2.29. The third-order valence-corrected chi connectivity index (χ3v) is 4.57. The molecule has 1 aliphatic rings. The maximum absolute atomic E-state index is 12.4. The summed E-state index contributed by atoms with van der Waals surface area (Å²) in [6.45, 7) is 1.84. The van der Waals surface area contributed by atoms with E-state index in [1.165, 1.54) is 0 Å². The predicted molar refractivity (Wildman–Crippen MR) is 81.0 cm³/mol. The van der Waals surface area contributed by atoms with Gasteiger partial charge in [-0.1, -0.05) is 42.5 Å². The van der Waals surface area contributed by atoms with E-state index in [9.17, 15) is 10.1 Å². The zero-order valence-electron chi connectivity index (χ0n) is 11.3. The van der Waals surface area contributed by atoms with Crippen LogP contribution in [0.4, 0.5) is 5.69 Å². The summed E-state index contributed by atoms with van der Waals surface area (Å²) in [5, 5.41) is 13.1. The highest BCUT2D eigenvalue weighted by molar-refractivity contribution is 6.36. The normalized spacial score (nSPS) is 17.3. The lowest BCUT2D eigenvalue weighted by atomic mass is 9.74. The van der Waals surface area contributed by atoms with E-state index in [0.29, 0.717) is 28.6 Å². The molecule has 1 N–H and O–H groups in total. The van der Waals surface area contributed by atoms with E-state index in [1.54, 1.807) is 12.1 Å². The van der Waals surface area contributed by atoms with Crippen LogP contribution in [0.2, 0.25) is 10.0 Å². The highest BCUT2D eigenvalue weighted by Gasteiger charge is 2.40. The first-order valence-electron chi connectivity index (χ1n) is 6.67. The van der Waals surface area contributed by atoms with Gasteiger partial charge in [-0.05, 0) is 37.5 Å². The van der Waals surface area contributed by atoms with Crippen LogP contribution in [0.3, 0.4) is 0 Å². The monoisotopic (exact) mass is 310 g/mol. The molecule has 20 heavy (non-hydrogen) atoms. The molecule has 1 amide bonds. The third-order valence-electron chi connectivity index (χ3n) is 3.85. The number of carbonyl (C=O) groups excluding carboxylic acids is 1. The molecule has 1 aliphatic carbocycles. The minimum absolute atomic E-state index is 0.276. The van der Waals surface area contributed by atoms with E-state index >= 15 is 0 Å². The molecular formula is C15H16Cl2N2O. The van der Waals surface area contributed by atoms with Crippen molar-refractivity contribution in [2.24, 2.45) is 5.41 Å². The van der Waals surface area contributed by atoms with Gasteiger partial charge in [0.25, 0.3) is 0 Å². The van der Waals surface area contributed by atoms with Crippen LogP contribution in [0.1, 0.15) is 37.7 Å². The number of rotatable bonds is 2. The van der Waals surface area contributed by atoms with Crippen LogP contribution in [0.15, 0.2) is 12.1 Å². The summed E-state index contributed by atoms with van der Waals surface area (Å²) in [6, 6.07) is 5.53. The molecule has 0 heterocycles. The number of amides is 1. The number of nitrogens with zero attached hydrogens (tertiary/aromatic N) is 1. The molecule has 0 unspecified atom stereocenters. The Morgan fingerprint density at radius 2 is 1.90 bits per heavy atom. The number of aryl methyl sites for hydroxylation is 1. The summed E-state index contributed by atoms with van der Waals surface area (Å²) in [5.74, 6) is -0.276. The maximum atomic E-state index is 12.4. The molecule has 1 aromatic carbocycles. The first-order chi connectivity index (χ1) is 9.48. The highest BCUT2D eigenvalue weighted by Crippen LogP contribution is 2.38. The Labute approximate surface area is 128 Å². The second-order valence-electron chi connectivity index (χ2n) is 5.29. The number of halogens is 2. The molecule has 0 atom stereocenters. The van der Waals surface area contributed by atoms with E-state index in [2.05, 4.69) is 11.4 Å². The van der Waals surface area contributed by atoms with Gasteiger partial charge in [-0.2, -0.15) is 5.26 Å². The van der Waals surface area contributed by atoms with Crippen molar-refractivity contribution in [1.82, 2.24) is 0 Å². The molecule has 5 heteroatoms. The Balaban J connectivity index is 2.23. The Kier molecular flexibility index (Phi) is 4.57. The van der Waals surface area contributed by atoms with Crippen molar-refractivity contribution < 1.29 is 4.79 Å². The fourth-order valence-corrected chi connectivity index (χ4v) is 2.96. The molecule has 1 fully saturated rings. The van der Waals surface area contributed by atoms with Gasteiger partial charge in [-0.3, -0.25) is 4.79 Å². The van der Waals surface area contributed by atoms with Crippen LogP contribution >= 0.6 is 23.2 Å². The summed E-state index contributed by atoms with van der Waals surface area (Å²) < 4.78 is 0. The number of nitriles is 1. The van der Waals surface area contributed by atoms with Crippen molar-refractivity contribution in [2.45, 2.75) is 39.0 Å². The molecule has 0 aromatic heterocycles. The van der Waals surface area contributed by atoms with Crippen molar-refractivity contribution in [3.63, 3.8) is 0 Å². The van der Waals surface area contributed by atoms with Gasteiger partial charge in [0, 0.05) is 5.02 Å². The zero-order valence-corrected chi connectivity index (χ0v) is 12.8. The molecule has 0 spiro atoms. The van der Waals surface area contributed by atoms with Gasteiger partial charge in [0.15, 0.2) is 0 Å². The number of hydrogen-bond donors (Lipinski definition) is 1. The van der Waals surface area contributed by atoms with Crippen LogP contribution < -0.4 is 5.32 Å². The van der Waals surface area contributed by atoms with Crippen molar-refractivity contribution >= 4 is 34.8 Å². The topological polar surface area (TPSA) is 52.9 Å². The highest BCUT2D eigenvalue weighted by atomic mass is 35.5. The number of carbonyl (C=O) groups is 1. The minimum atomic E-state index is -0.932. The Bertz CT molecular complexity index is 572.